The molecule has 3 rings (SSSR count). The molecule has 134 valence electrons. The summed E-state index contributed by atoms with van der Waals surface area (Å²) >= 11 is 1.36. The summed E-state index contributed by atoms with van der Waals surface area (Å²) < 4.78 is 5.70. The van der Waals surface area contributed by atoms with Gasteiger partial charge in [0, 0.05) is 35.7 Å². The average molecular weight is 362 g/mol. The van der Waals surface area contributed by atoms with Gasteiger partial charge < -0.3 is 14.4 Å². The predicted octanol–water partition coefficient (Wildman–Crippen LogP) is 3.20. The topological polar surface area (TPSA) is 91.5 Å². The number of oxazole rings is 1. The Bertz CT molecular complexity index is 775. The van der Waals surface area contributed by atoms with Crippen LogP contribution in [0.25, 0.3) is 12.2 Å². The molecular formula is C17H22N4O3S. The first-order valence-corrected chi connectivity index (χ1v) is 8.97. The lowest BCUT2D eigenvalue weighted by molar-refractivity contribution is 0.176. The highest BCUT2D eigenvalue weighted by molar-refractivity contribution is 7.16. The number of amides is 2. The lowest BCUT2D eigenvalue weighted by atomic mass is 9.94. The monoisotopic (exact) mass is 362 g/mol. The van der Waals surface area contributed by atoms with Gasteiger partial charge in [0.1, 0.15) is 5.76 Å². The first-order chi connectivity index (χ1) is 11.8. The van der Waals surface area contributed by atoms with Gasteiger partial charge in [0.2, 0.25) is 5.89 Å². The van der Waals surface area contributed by atoms with E-state index in [0.717, 1.165) is 10.6 Å². The SMILES string of the molecule is CC(C)(C)c1cnc(/C=C/c2cnc(NC(=O)N3CCC(O)C3)s2)o1. The minimum absolute atomic E-state index is 0.0792. The van der Waals surface area contributed by atoms with E-state index in [1.165, 1.54) is 11.3 Å². The zero-order chi connectivity index (χ0) is 18.0. The second kappa shape index (κ2) is 6.97. The molecule has 1 aliphatic rings. The predicted molar refractivity (Wildman–Crippen MR) is 97.5 cm³/mol. The van der Waals surface area contributed by atoms with E-state index in [0.29, 0.717) is 30.5 Å². The van der Waals surface area contributed by atoms with Gasteiger partial charge in [-0.3, -0.25) is 5.32 Å². The molecule has 7 nitrogen and oxygen atoms in total. The van der Waals surface area contributed by atoms with Gasteiger partial charge in [-0.2, -0.15) is 0 Å². The second-order valence-electron chi connectivity index (χ2n) is 7.03. The molecule has 1 atom stereocenters. The Morgan fingerprint density at radius 1 is 1.40 bits per heavy atom. The van der Waals surface area contributed by atoms with E-state index < -0.39 is 6.10 Å². The third-order valence-electron chi connectivity index (χ3n) is 3.84. The van der Waals surface area contributed by atoms with E-state index in [9.17, 15) is 9.90 Å². The fourth-order valence-corrected chi connectivity index (χ4v) is 3.09. The minimum atomic E-state index is -0.431. The van der Waals surface area contributed by atoms with Crippen LogP contribution in [0.5, 0.6) is 0 Å². The van der Waals surface area contributed by atoms with Gasteiger partial charge in [-0.25, -0.2) is 14.8 Å². The van der Waals surface area contributed by atoms with Crippen LogP contribution >= 0.6 is 11.3 Å². The summed E-state index contributed by atoms with van der Waals surface area (Å²) in [6, 6.07) is -0.232. The van der Waals surface area contributed by atoms with Gasteiger partial charge >= 0.3 is 6.03 Å². The Morgan fingerprint density at radius 3 is 2.84 bits per heavy atom. The molecular weight excluding hydrogens is 340 g/mol. The highest BCUT2D eigenvalue weighted by atomic mass is 32.1. The number of aliphatic hydroxyl groups excluding tert-OH is 1. The number of carbonyl (C=O) groups is 1. The van der Waals surface area contributed by atoms with Crippen LogP contribution in [0.1, 0.15) is 43.7 Å². The molecule has 0 radical (unpaired) electrons. The summed E-state index contributed by atoms with van der Waals surface area (Å²) in [4.78, 5) is 23.0. The van der Waals surface area contributed by atoms with Crippen LogP contribution in [0.3, 0.4) is 0 Å². The molecule has 2 N–H and O–H groups in total. The first-order valence-electron chi connectivity index (χ1n) is 8.15. The molecule has 2 aromatic rings. The number of hydrogen-bond acceptors (Lipinski definition) is 6. The van der Waals surface area contributed by atoms with Crippen molar-refractivity contribution < 1.29 is 14.3 Å². The van der Waals surface area contributed by atoms with Crippen molar-refractivity contribution in [3.63, 3.8) is 0 Å². The van der Waals surface area contributed by atoms with Crippen LogP contribution < -0.4 is 5.32 Å². The maximum atomic E-state index is 12.1. The lowest BCUT2D eigenvalue weighted by Gasteiger charge is -2.14. The number of β-amino-alcohol motifs (C(OH)–C–C–N with tert-alkyl or cyclic N) is 1. The number of hydrogen-bond donors (Lipinski definition) is 2. The minimum Gasteiger partial charge on any atom is -0.441 e. The van der Waals surface area contributed by atoms with Gasteiger partial charge in [0.05, 0.1) is 12.3 Å². The zero-order valence-corrected chi connectivity index (χ0v) is 15.3. The average Bonchev–Trinajstić information content (AvgIpc) is 3.24. The van der Waals surface area contributed by atoms with Crippen molar-refractivity contribution in [2.75, 3.05) is 18.4 Å². The van der Waals surface area contributed by atoms with E-state index in [1.807, 2.05) is 6.08 Å². The number of anilines is 1. The second-order valence-corrected chi connectivity index (χ2v) is 8.09. The van der Waals surface area contributed by atoms with E-state index >= 15 is 0 Å². The molecule has 1 fully saturated rings. The maximum absolute atomic E-state index is 12.1. The van der Waals surface area contributed by atoms with Crippen LogP contribution in [-0.2, 0) is 5.41 Å². The number of nitrogens with one attached hydrogen (secondary N) is 1. The Morgan fingerprint density at radius 2 is 2.20 bits per heavy atom. The molecule has 2 amide bonds. The van der Waals surface area contributed by atoms with Crippen LogP contribution in [0.4, 0.5) is 9.93 Å². The van der Waals surface area contributed by atoms with Crippen LogP contribution in [0.2, 0.25) is 0 Å². The highest BCUT2D eigenvalue weighted by Gasteiger charge is 2.25. The van der Waals surface area contributed by atoms with Gasteiger partial charge in [-0.15, -0.1) is 0 Å². The largest absolute Gasteiger partial charge is 0.441 e. The number of aromatic nitrogens is 2. The Kier molecular flexibility index (Phi) is 4.91. The Labute approximate surface area is 150 Å². The molecule has 1 unspecified atom stereocenters. The van der Waals surface area contributed by atoms with Crippen molar-refractivity contribution in [3.05, 3.63) is 28.9 Å². The van der Waals surface area contributed by atoms with Crippen molar-refractivity contribution in [1.82, 2.24) is 14.9 Å². The standard InChI is InChI=1S/C17H22N4O3S/c1-17(2,3)13-9-18-14(24-13)5-4-12-8-19-15(25-12)20-16(23)21-7-6-11(22)10-21/h4-5,8-9,11,22H,6-7,10H2,1-3H3,(H,19,20,23)/b5-4+. The number of carbonyl (C=O) groups excluding carboxylic acids is 1. The number of thiazole rings is 1. The summed E-state index contributed by atoms with van der Waals surface area (Å²) in [5.74, 6) is 1.37. The van der Waals surface area contributed by atoms with Gasteiger partial charge in [0.15, 0.2) is 5.13 Å². The molecule has 25 heavy (non-hydrogen) atoms. The van der Waals surface area contributed by atoms with E-state index in [2.05, 4.69) is 36.1 Å². The number of rotatable bonds is 3. The Balaban J connectivity index is 1.60. The summed E-state index contributed by atoms with van der Waals surface area (Å²) in [5, 5.41) is 12.8. The normalized spacial score (nSPS) is 18.2. The molecule has 1 aliphatic heterocycles. The summed E-state index contributed by atoms with van der Waals surface area (Å²) in [6.45, 7) is 7.13. The van der Waals surface area contributed by atoms with E-state index in [1.54, 1.807) is 23.4 Å². The molecule has 0 aromatic carbocycles. The molecule has 3 heterocycles. The number of aliphatic hydroxyl groups is 1. The van der Waals surface area contributed by atoms with Gasteiger partial charge in [-0.1, -0.05) is 32.1 Å². The Hall–Kier alpha value is -2.19. The first kappa shape index (κ1) is 17.6. The molecule has 1 saturated heterocycles. The lowest BCUT2D eigenvalue weighted by Crippen LogP contribution is -2.33. The quantitative estimate of drug-likeness (QED) is 0.875. The van der Waals surface area contributed by atoms with Crippen molar-refractivity contribution in [1.29, 1.82) is 0 Å². The maximum Gasteiger partial charge on any atom is 0.323 e. The third kappa shape index (κ3) is 4.46. The van der Waals surface area contributed by atoms with Crippen molar-refractivity contribution in [2.45, 2.75) is 38.7 Å². The molecule has 0 bridgehead atoms. The van der Waals surface area contributed by atoms with Crippen molar-refractivity contribution >= 4 is 34.7 Å². The fourth-order valence-electron chi connectivity index (χ4n) is 2.38. The summed E-state index contributed by atoms with van der Waals surface area (Å²) in [6.07, 6.45) is 7.24. The van der Waals surface area contributed by atoms with Crippen LogP contribution in [0, 0.1) is 0 Å². The molecule has 0 aliphatic carbocycles. The van der Waals surface area contributed by atoms with Crippen molar-refractivity contribution in [2.24, 2.45) is 0 Å². The molecule has 8 heteroatoms. The van der Waals surface area contributed by atoms with E-state index in [-0.39, 0.29) is 11.4 Å². The van der Waals surface area contributed by atoms with Gasteiger partial charge in [0.25, 0.3) is 0 Å². The van der Waals surface area contributed by atoms with Crippen LogP contribution in [-0.4, -0.2) is 45.2 Å². The smallest absolute Gasteiger partial charge is 0.323 e. The summed E-state index contributed by atoms with van der Waals surface area (Å²) in [5.41, 5.74) is -0.0792. The van der Waals surface area contributed by atoms with Gasteiger partial charge in [-0.05, 0) is 12.5 Å². The molecule has 2 aromatic heterocycles. The third-order valence-corrected chi connectivity index (χ3v) is 4.72. The molecule has 0 saturated carbocycles. The zero-order valence-electron chi connectivity index (χ0n) is 14.5. The molecule has 0 spiro atoms. The summed E-state index contributed by atoms with van der Waals surface area (Å²) in [7, 11) is 0. The van der Waals surface area contributed by atoms with Crippen molar-refractivity contribution in [3.8, 4) is 0 Å². The number of likely N-dealkylation sites (tertiary alicyclic amines) is 1. The number of nitrogens with zero attached hydrogens (tertiary/aromatic N) is 3. The highest BCUT2D eigenvalue weighted by Crippen LogP contribution is 2.25. The number of urea groups is 1. The van der Waals surface area contributed by atoms with E-state index in [4.69, 9.17) is 4.42 Å². The fraction of sp³-hybridized carbons (Fsp3) is 0.471. The van der Waals surface area contributed by atoms with Crippen LogP contribution in [0.15, 0.2) is 16.8 Å².